The summed E-state index contributed by atoms with van der Waals surface area (Å²) in [6.07, 6.45) is 2.42. The van der Waals surface area contributed by atoms with E-state index >= 15 is 0 Å². The zero-order valence-corrected chi connectivity index (χ0v) is 11.3. The molecule has 1 aliphatic heterocycles. The van der Waals surface area contributed by atoms with E-state index in [1.165, 1.54) is 0 Å². The van der Waals surface area contributed by atoms with E-state index in [4.69, 9.17) is 14.9 Å². The SMILES string of the molecule is CCC1Oc2ccc(N)cc2NC1=NCc1ccco1. The van der Waals surface area contributed by atoms with E-state index in [1.54, 1.807) is 6.26 Å². The highest BCUT2D eigenvalue weighted by molar-refractivity contribution is 6.02. The first-order valence-electron chi connectivity index (χ1n) is 6.66. The van der Waals surface area contributed by atoms with Crippen LogP contribution in [0.5, 0.6) is 5.75 Å². The fourth-order valence-electron chi connectivity index (χ4n) is 2.16. The Balaban J connectivity index is 1.85. The van der Waals surface area contributed by atoms with Crippen LogP contribution in [-0.4, -0.2) is 11.9 Å². The van der Waals surface area contributed by atoms with Crippen molar-refractivity contribution in [1.29, 1.82) is 0 Å². The van der Waals surface area contributed by atoms with Crippen molar-refractivity contribution in [2.24, 2.45) is 4.99 Å². The molecule has 0 amide bonds. The van der Waals surface area contributed by atoms with Crippen molar-refractivity contribution < 1.29 is 9.15 Å². The summed E-state index contributed by atoms with van der Waals surface area (Å²) < 4.78 is 11.2. The number of fused-ring (bicyclic) bond motifs is 1. The van der Waals surface area contributed by atoms with Crippen LogP contribution in [0.15, 0.2) is 46.0 Å². The second kappa shape index (κ2) is 5.28. The van der Waals surface area contributed by atoms with E-state index in [2.05, 4.69) is 17.2 Å². The fraction of sp³-hybridized carbons (Fsp3) is 0.267. The van der Waals surface area contributed by atoms with Crippen molar-refractivity contribution in [3.05, 3.63) is 42.4 Å². The second-order valence-electron chi connectivity index (χ2n) is 4.68. The molecule has 0 radical (unpaired) electrons. The highest BCUT2D eigenvalue weighted by atomic mass is 16.5. The van der Waals surface area contributed by atoms with Gasteiger partial charge in [-0.1, -0.05) is 6.92 Å². The molecule has 0 fully saturated rings. The van der Waals surface area contributed by atoms with Crippen LogP contribution in [-0.2, 0) is 6.54 Å². The number of anilines is 2. The van der Waals surface area contributed by atoms with Crippen molar-refractivity contribution in [2.75, 3.05) is 11.1 Å². The van der Waals surface area contributed by atoms with Gasteiger partial charge in [0, 0.05) is 5.69 Å². The van der Waals surface area contributed by atoms with Gasteiger partial charge in [0.15, 0.2) is 6.10 Å². The summed E-state index contributed by atoms with van der Waals surface area (Å²) in [6.45, 7) is 2.56. The molecular weight excluding hydrogens is 254 g/mol. The molecule has 20 heavy (non-hydrogen) atoms. The molecule has 5 nitrogen and oxygen atoms in total. The first kappa shape index (κ1) is 12.6. The predicted octanol–water partition coefficient (Wildman–Crippen LogP) is 3.04. The van der Waals surface area contributed by atoms with Crippen LogP contribution in [0.25, 0.3) is 0 Å². The Morgan fingerprint density at radius 1 is 1.35 bits per heavy atom. The predicted molar refractivity (Wildman–Crippen MR) is 79.0 cm³/mol. The van der Waals surface area contributed by atoms with Crippen LogP contribution in [0.1, 0.15) is 19.1 Å². The minimum atomic E-state index is -0.0684. The van der Waals surface area contributed by atoms with Crippen molar-refractivity contribution in [1.82, 2.24) is 0 Å². The molecule has 5 heteroatoms. The molecule has 2 aromatic rings. The average Bonchev–Trinajstić information content (AvgIpc) is 2.97. The molecule has 3 N–H and O–H groups in total. The summed E-state index contributed by atoms with van der Waals surface area (Å²) in [4.78, 5) is 4.55. The van der Waals surface area contributed by atoms with E-state index in [0.29, 0.717) is 12.2 Å². The fourth-order valence-corrected chi connectivity index (χ4v) is 2.16. The lowest BCUT2D eigenvalue weighted by molar-refractivity contribution is 0.258. The number of ether oxygens (including phenoxy) is 1. The molecule has 104 valence electrons. The largest absolute Gasteiger partial charge is 0.480 e. The Morgan fingerprint density at radius 3 is 3.00 bits per heavy atom. The molecule has 3 rings (SSSR count). The molecule has 0 spiro atoms. The maximum absolute atomic E-state index is 5.94. The first-order chi connectivity index (χ1) is 9.76. The zero-order chi connectivity index (χ0) is 13.9. The number of furan rings is 1. The summed E-state index contributed by atoms with van der Waals surface area (Å²) in [5, 5.41) is 3.30. The number of rotatable bonds is 3. The standard InChI is InChI=1S/C15H17N3O2/c1-2-13-15(17-9-11-4-3-7-19-11)18-12-8-10(16)5-6-14(12)20-13/h3-8,13H,2,9,16H2,1H3,(H,17,18). The number of aliphatic imine (C=N–C) groups is 1. The van der Waals surface area contributed by atoms with Crippen molar-refractivity contribution in [2.45, 2.75) is 26.0 Å². The lowest BCUT2D eigenvalue weighted by atomic mass is 10.1. The van der Waals surface area contributed by atoms with Gasteiger partial charge in [0.2, 0.25) is 0 Å². The van der Waals surface area contributed by atoms with Crippen molar-refractivity contribution in [3.8, 4) is 5.75 Å². The van der Waals surface area contributed by atoms with Crippen LogP contribution >= 0.6 is 0 Å². The van der Waals surface area contributed by atoms with Gasteiger partial charge in [-0.05, 0) is 36.8 Å². The highest BCUT2D eigenvalue weighted by Gasteiger charge is 2.24. The summed E-state index contributed by atoms with van der Waals surface area (Å²) in [5.74, 6) is 2.44. The number of nitrogens with two attached hydrogens (primary N) is 1. The van der Waals surface area contributed by atoms with Crippen LogP contribution in [0.3, 0.4) is 0 Å². The van der Waals surface area contributed by atoms with Gasteiger partial charge in [-0.15, -0.1) is 0 Å². The molecule has 0 saturated heterocycles. The van der Waals surface area contributed by atoms with E-state index in [0.717, 1.165) is 29.5 Å². The third kappa shape index (κ3) is 2.47. The summed E-state index contributed by atoms with van der Waals surface area (Å²) in [7, 11) is 0. The number of hydrogen-bond donors (Lipinski definition) is 2. The second-order valence-corrected chi connectivity index (χ2v) is 4.68. The molecule has 1 atom stereocenters. The van der Waals surface area contributed by atoms with Gasteiger partial charge in [0.1, 0.15) is 17.3 Å². The van der Waals surface area contributed by atoms with Crippen molar-refractivity contribution in [3.63, 3.8) is 0 Å². The maximum atomic E-state index is 5.94. The quantitative estimate of drug-likeness (QED) is 0.841. The smallest absolute Gasteiger partial charge is 0.155 e. The first-order valence-corrected chi connectivity index (χ1v) is 6.66. The summed E-state index contributed by atoms with van der Waals surface area (Å²) in [6, 6.07) is 9.32. The minimum Gasteiger partial charge on any atom is -0.480 e. The Hall–Kier alpha value is -2.43. The maximum Gasteiger partial charge on any atom is 0.155 e. The molecule has 1 aromatic carbocycles. The van der Waals surface area contributed by atoms with E-state index < -0.39 is 0 Å². The van der Waals surface area contributed by atoms with Gasteiger partial charge in [0.25, 0.3) is 0 Å². The van der Waals surface area contributed by atoms with E-state index in [9.17, 15) is 0 Å². The number of nitrogen functional groups attached to an aromatic ring is 1. The Morgan fingerprint density at radius 2 is 2.25 bits per heavy atom. The summed E-state index contributed by atoms with van der Waals surface area (Å²) in [5.41, 5.74) is 7.34. The van der Waals surface area contributed by atoms with Gasteiger partial charge in [0.05, 0.1) is 18.5 Å². The normalized spacial score (nSPS) is 19.2. The number of nitrogens with zero attached hydrogens (tertiary/aromatic N) is 1. The van der Waals surface area contributed by atoms with E-state index in [-0.39, 0.29) is 6.10 Å². The molecule has 0 aliphatic carbocycles. The molecule has 1 aliphatic rings. The van der Waals surface area contributed by atoms with Gasteiger partial charge >= 0.3 is 0 Å². The lowest BCUT2D eigenvalue weighted by Gasteiger charge is -2.28. The molecule has 1 aromatic heterocycles. The van der Waals surface area contributed by atoms with Crippen LogP contribution in [0.4, 0.5) is 11.4 Å². The van der Waals surface area contributed by atoms with Crippen LogP contribution in [0.2, 0.25) is 0 Å². The van der Waals surface area contributed by atoms with Gasteiger partial charge in [-0.3, -0.25) is 4.99 Å². The van der Waals surface area contributed by atoms with Crippen LogP contribution in [0, 0.1) is 0 Å². The average molecular weight is 271 g/mol. The molecular formula is C15H17N3O2. The molecule has 2 heterocycles. The Labute approximate surface area is 117 Å². The molecule has 1 unspecified atom stereocenters. The van der Waals surface area contributed by atoms with Gasteiger partial charge in [-0.2, -0.15) is 0 Å². The molecule has 0 saturated carbocycles. The topological polar surface area (TPSA) is 72.8 Å². The number of benzene rings is 1. The molecule has 0 bridgehead atoms. The van der Waals surface area contributed by atoms with Crippen LogP contribution < -0.4 is 15.8 Å². The van der Waals surface area contributed by atoms with Gasteiger partial charge < -0.3 is 20.2 Å². The van der Waals surface area contributed by atoms with E-state index in [1.807, 2.05) is 30.3 Å². The highest BCUT2D eigenvalue weighted by Crippen LogP contribution is 2.32. The third-order valence-electron chi connectivity index (χ3n) is 3.20. The number of hydrogen-bond acceptors (Lipinski definition) is 4. The summed E-state index contributed by atoms with van der Waals surface area (Å²) >= 11 is 0. The Bertz CT molecular complexity index is 620. The minimum absolute atomic E-state index is 0.0684. The monoisotopic (exact) mass is 271 g/mol. The number of amidine groups is 1. The lowest BCUT2D eigenvalue weighted by Crippen LogP contribution is -2.36. The van der Waals surface area contributed by atoms with Gasteiger partial charge in [-0.25, -0.2) is 0 Å². The third-order valence-corrected chi connectivity index (χ3v) is 3.20. The zero-order valence-electron chi connectivity index (χ0n) is 11.3. The Kier molecular flexibility index (Phi) is 3.33. The number of nitrogens with one attached hydrogen (secondary N) is 1. The van der Waals surface area contributed by atoms with Crippen molar-refractivity contribution >= 4 is 17.2 Å².